The van der Waals surface area contributed by atoms with Crippen LogP contribution in [0.15, 0.2) is 47.8 Å². The summed E-state index contributed by atoms with van der Waals surface area (Å²) in [6.45, 7) is 5.90. The maximum Gasteiger partial charge on any atom is 0.322 e. The second-order valence-electron chi connectivity index (χ2n) is 5.71. The summed E-state index contributed by atoms with van der Waals surface area (Å²) in [5, 5.41) is 1.78. The van der Waals surface area contributed by atoms with E-state index in [9.17, 15) is 4.79 Å². The van der Waals surface area contributed by atoms with Crippen LogP contribution >= 0.6 is 23.1 Å². The molecule has 2 aromatic heterocycles. The van der Waals surface area contributed by atoms with E-state index in [0.717, 1.165) is 25.7 Å². The third-order valence-corrected chi connectivity index (χ3v) is 5.76. The van der Waals surface area contributed by atoms with Crippen LogP contribution in [0.25, 0.3) is 20.7 Å². The molecule has 24 heavy (non-hydrogen) atoms. The lowest BCUT2D eigenvalue weighted by Crippen LogP contribution is -2.30. The summed E-state index contributed by atoms with van der Waals surface area (Å²) in [7, 11) is 0. The number of thiophene rings is 1. The number of carbonyl (C=O) groups is 1. The highest BCUT2D eigenvalue weighted by Crippen LogP contribution is 2.40. The first-order valence-electron chi connectivity index (χ1n) is 7.67. The Morgan fingerprint density at radius 2 is 2.00 bits per heavy atom. The first kappa shape index (κ1) is 16.9. The van der Waals surface area contributed by atoms with Crippen molar-refractivity contribution in [1.82, 2.24) is 9.97 Å². The van der Waals surface area contributed by atoms with Gasteiger partial charge < -0.3 is 4.74 Å². The standard InChI is InChI=1S/C18H18N2O2S2/c1-4-22-17(21)18(2,3)24-16-13-10-14(12-8-6-5-7-9-12)23-15(13)19-11-20-16/h5-11H,4H2,1-3H3. The quantitative estimate of drug-likeness (QED) is 0.373. The van der Waals surface area contributed by atoms with Gasteiger partial charge in [-0.3, -0.25) is 4.79 Å². The molecule has 3 rings (SSSR count). The minimum Gasteiger partial charge on any atom is -0.465 e. The molecule has 0 saturated heterocycles. The number of thioether (sulfide) groups is 1. The number of esters is 1. The van der Waals surface area contributed by atoms with Gasteiger partial charge in [-0.15, -0.1) is 11.3 Å². The molecule has 0 bridgehead atoms. The highest BCUT2D eigenvalue weighted by Gasteiger charge is 2.32. The number of ether oxygens (including phenoxy) is 1. The van der Waals surface area contributed by atoms with E-state index in [2.05, 4.69) is 28.2 Å². The van der Waals surface area contributed by atoms with Crippen molar-refractivity contribution in [1.29, 1.82) is 0 Å². The van der Waals surface area contributed by atoms with E-state index in [0.29, 0.717) is 6.61 Å². The number of hydrogen-bond donors (Lipinski definition) is 0. The van der Waals surface area contributed by atoms with Gasteiger partial charge in [0.1, 0.15) is 20.9 Å². The van der Waals surface area contributed by atoms with Crippen molar-refractivity contribution in [3.63, 3.8) is 0 Å². The number of fused-ring (bicyclic) bond motifs is 1. The van der Waals surface area contributed by atoms with Gasteiger partial charge in [0, 0.05) is 10.3 Å². The molecule has 2 heterocycles. The third kappa shape index (κ3) is 3.44. The van der Waals surface area contributed by atoms with Gasteiger partial charge in [-0.05, 0) is 32.4 Å². The van der Waals surface area contributed by atoms with E-state index in [1.165, 1.54) is 11.8 Å². The van der Waals surface area contributed by atoms with Crippen LogP contribution < -0.4 is 0 Å². The average molecular weight is 358 g/mol. The first-order valence-corrected chi connectivity index (χ1v) is 9.31. The Morgan fingerprint density at radius 1 is 1.25 bits per heavy atom. The molecule has 0 radical (unpaired) electrons. The molecule has 0 aliphatic carbocycles. The van der Waals surface area contributed by atoms with Crippen LogP contribution in [0.2, 0.25) is 0 Å². The van der Waals surface area contributed by atoms with Crippen molar-refractivity contribution < 1.29 is 9.53 Å². The Morgan fingerprint density at radius 3 is 2.71 bits per heavy atom. The maximum atomic E-state index is 12.1. The first-order chi connectivity index (χ1) is 11.5. The Kier molecular flexibility index (Phi) is 4.87. The zero-order chi connectivity index (χ0) is 17.2. The van der Waals surface area contributed by atoms with Crippen molar-refractivity contribution >= 4 is 39.3 Å². The summed E-state index contributed by atoms with van der Waals surface area (Å²) in [6.07, 6.45) is 1.55. The second kappa shape index (κ2) is 6.91. The third-order valence-electron chi connectivity index (χ3n) is 3.47. The van der Waals surface area contributed by atoms with Crippen LogP contribution in [0.1, 0.15) is 20.8 Å². The van der Waals surface area contributed by atoms with E-state index in [4.69, 9.17) is 4.74 Å². The molecule has 0 aliphatic heterocycles. The van der Waals surface area contributed by atoms with Crippen LogP contribution in [0.3, 0.4) is 0 Å². The van der Waals surface area contributed by atoms with Crippen LogP contribution in [-0.2, 0) is 9.53 Å². The van der Waals surface area contributed by atoms with Crippen molar-refractivity contribution in [3.8, 4) is 10.4 Å². The fraction of sp³-hybridized carbons (Fsp3) is 0.278. The second-order valence-corrected chi connectivity index (χ2v) is 8.35. The molecule has 0 amide bonds. The summed E-state index contributed by atoms with van der Waals surface area (Å²) in [4.78, 5) is 23.0. The van der Waals surface area contributed by atoms with E-state index in [1.807, 2.05) is 39.0 Å². The van der Waals surface area contributed by atoms with Crippen LogP contribution in [-0.4, -0.2) is 27.3 Å². The van der Waals surface area contributed by atoms with Crippen LogP contribution in [0.5, 0.6) is 0 Å². The Hall–Kier alpha value is -1.92. The van der Waals surface area contributed by atoms with Crippen LogP contribution in [0.4, 0.5) is 0 Å². The smallest absolute Gasteiger partial charge is 0.322 e. The maximum absolute atomic E-state index is 12.1. The van der Waals surface area contributed by atoms with Gasteiger partial charge in [-0.1, -0.05) is 42.1 Å². The van der Waals surface area contributed by atoms with Crippen molar-refractivity contribution in [2.45, 2.75) is 30.5 Å². The largest absolute Gasteiger partial charge is 0.465 e. The zero-order valence-electron chi connectivity index (χ0n) is 13.8. The topological polar surface area (TPSA) is 52.1 Å². The van der Waals surface area contributed by atoms with E-state index in [-0.39, 0.29) is 5.97 Å². The molecule has 0 aliphatic rings. The number of nitrogens with zero attached hydrogens (tertiary/aromatic N) is 2. The normalized spacial score (nSPS) is 11.6. The van der Waals surface area contributed by atoms with Crippen molar-refractivity contribution in [2.75, 3.05) is 6.61 Å². The zero-order valence-corrected chi connectivity index (χ0v) is 15.4. The number of rotatable bonds is 5. The monoisotopic (exact) mass is 358 g/mol. The van der Waals surface area contributed by atoms with E-state index >= 15 is 0 Å². The lowest BCUT2D eigenvalue weighted by molar-refractivity contribution is -0.145. The van der Waals surface area contributed by atoms with Gasteiger partial charge in [-0.25, -0.2) is 9.97 Å². The predicted octanol–water partition coefficient (Wildman–Crippen LogP) is 4.79. The molecule has 0 N–H and O–H groups in total. The fourth-order valence-electron chi connectivity index (χ4n) is 2.25. The molecular formula is C18H18N2O2S2. The van der Waals surface area contributed by atoms with Gasteiger partial charge in [0.05, 0.1) is 6.61 Å². The van der Waals surface area contributed by atoms with Crippen molar-refractivity contribution in [2.24, 2.45) is 0 Å². The molecule has 0 fully saturated rings. The van der Waals surface area contributed by atoms with Crippen molar-refractivity contribution in [3.05, 3.63) is 42.7 Å². The molecule has 6 heteroatoms. The van der Waals surface area contributed by atoms with E-state index in [1.54, 1.807) is 17.7 Å². The highest BCUT2D eigenvalue weighted by molar-refractivity contribution is 8.01. The molecule has 0 atom stereocenters. The number of aromatic nitrogens is 2. The fourth-order valence-corrected chi connectivity index (χ4v) is 4.31. The summed E-state index contributed by atoms with van der Waals surface area (Å²) in [5.74, 6) is -0.236. The minimum atomic E-state index is -0.702. The predicted molar refractivity (Wildman–Crippen MR) is 99.4 cm³/mol. The van der Waals surface area contributed by atoms with Gasteiger partial charge in [0.2, 0.25) is 0 Å². The van der Waals surface area contributed by atoms with Gasteiger partial charge in [0.15, 0.2) is 0 Å². The summed E-state index contributed by atoms with van der Waals surface area (Å²) >= 11 is 3.04. The van der Waals surface area contributed by atoms with E-state index < -0.39 is 4.75 Å². The molecule has 4 nitrogen and oxygen atoms in total. The Bertz CT molecular complexity index is 860. The lowest BCUT2D eigenvalue weighted by Gasteiger charge is -2.21. The molecule has 124 valence electrons. The number of carbonyl (C=O) groups excluding carboxylic acids is 1. The summed E-state index contributed by atoms with van der Waals surface area (Å²) in [5.41, 5.74) is 1.15. The molecule has 1 aromatic carbocycles. The van der Waals surface area contributed by atoms with Gasteiger partial charge in [0.25, 0.3) is 0 Å². The summed E-state index contributed by atoms with van der Waals surface area (Å²) < 4.78 is 4.46. The molecule has 0 unspecified atom stereocenters. The molecule has 0 saturated carbocycles. The van der Waals surface area contributed by atoms with Gasteiger partial charge in [-0.2, -0.15) is 0 Å². The Balaban J connectivity index is 1.97. The highest BCUT2D eigenvalue weighted by atomic mass is 32.2. The Labute approximate surface area is 149 Å². The van der Waals surface area contributed by atoms with Crippen LogP contribution in [0, 0.1) is 0 Å². The molecule has 0 spiro atoms. The summed E-state index contributed by atoms with van der Waals surface area (Å²) in [6, 6.07) is 12.3. The SMILES string of the molecule is CCOC(=O)C(C)(C)Sc1ncnc2sc(-c3ccccc3)cc12. The number of hydrogen-bond acceptors (Lipinski definition) is 6. The molecular weight excluding hydrogens is 340 g/mol. The number of benzene rings is 1. The molecule has 3 aromatic rings. The van der Waals surface area contributed by atoms with Gasteiger partial charge >= 0.3 is 5.97 Å². The lowest BCUT2D eigenvalue weighted by atomic mass is 10.2. The minimum absolute atomic E-state index is 0.236. The average Bonchev–Trinajstić information content (AvgIpc) is 3.01.